The Morgan fingerprint density at radius 1 is 1.11 bits per heavy atom. The molecular formula is C22H22N4OS. The third-order valence-corrected chi connectivity index (χ3v) is 5.64. The zero-order chi connectivity index (χ0) is 19.7. The molecule has 2 heterocycles. The molecule has 0 radical (unpaired) electrons. The van der Waals surface area contributed by atoms with Crippen LogP contribution in [0, 0.1) is 0 Å². The van der Waals surface area contributed by atoms with Gasteiger partial charge in [0.15, 0.2) is 0 Å². The summed E-state index contributed by atoms with van der Waals surface area (Å²) in [5.74, 6) is -0.112. The largest absolute Gasteiger partial charge is 0.378 e. The van der Waals surface area contributed by atoms with Crippen LogP contribution in [0.25, 0.3) is 16.3 Å². The van der Waals surface area contributed by atoms with Gasteiger partial charge in [-0.2, -0.15) is 10.1 Å². The molecule has 0 atom stereocenters. The quantitative estimate of drug-likeness (QED) is 0.579. The van der Waals surface area contributed by atoms with Crippen LogP contribution >= 0.6 is 11.3 Å². The Balaban J connectivity index is 1.69. The minimum atomic E-state index is -0.112. The highest BCUT2D eigenvalue weighted by molar-refractivity contribution is 7.22. The van der Waals surface area contributed by atoms with Crippen LogP contribution in [0.5, 0.6) is 0 Å². The van der Waals surface area contributed by atoms with Gasteiger partial charge in [0.25, 0.3) is 5.91 Å². The molecule has 0 saturated carbocycles. The number of carbonyl (C=O) groups is 1. The summed E-state index contributed by atoms with van der Waals surface area (Å²) in [6.07, 6.45) is 3.62. The van der Waals surface area contributed by atoms with Crippen LogP contribution in [-0.4, -0.2) is 30.7 Å². The maximum atomic E-state index is 13.1. The molecule has 0 aliphatic carbocycles. The van der Waals surface area contributed by atoms with Crippen LogP contribution in [-0.2, 0) is 4.79 Å². The van der Waals surface area contributed by atoms with Gasteiger partial charge in [0.2, 0.25) is 5.13 Å². The Morgan fingerprint density at radius 3 is 2.54 bits per heavy atom. The van der Waals surface area contributed by atoms with Crippen molar-refractivity contribution in [1.29, 1.82) is 0 Å². The van der Waals surface area contributed by atoms with Gasteiger partial charge in [0, 0.05) is 19.8 Å². The number of hydrogen-bond acceptors (Lipinski definition) is 5. The van der Waals surface area contributed by atoms with Crippen molar-refractivity contribution in [2.24, 2.45) is 5.10 Å². The first-order chi connectivity index (χ1) is 13.6. The molecule has 6 heteroatoms. The molecule has 1 aliphatic heterocycles. The second-order valence-electron chi connectivity index (χ2n) is 6.92. The number of rotatable bonds is 5. The lowest BCUT2D eigenvalue weighted by Crippen LogP contribution is -2.21. The molecule has 0 bridgehead atoms. The molecule has 28 heavy (non-hydrogen) atoms. The predicted octanol–water partition coefficient (Wildman–Crippen LogP) is 4.95. The molecule has 1 aromatic heterocycles. The van der Waals surface area contributed by atoms with Crippen molar-refractivity contribution in [3.63, 3.8) is 0 Å². The van der Waals surface area contributed by atoms with Crippen LogP contribution < -0.4 is 9.91 Å². The topological polar surface area (TPSA) is 48.8 Å². The van der Waals surface area contributed by atoms with Gasteiger partial charge in [0.1, 0.15) is 0 Å². The lowest BCUT2D eigenvalue weighted by atomic mass is 10.0. The number of benzene rings is 2. The first-order valence-corrected chi connectivity index (χ1v) is 10.2. The molecule has 3 aromatic rings. The fourth-order valence-corrected chi connectivity index (χ4v) is 4.06. The van der Waals surface area contributed by atoms with Crippen molar-refractivity contribution in [1.82, 2.24) is 4.98 Å². The average Bonchev–Trinajstić information content (AvgIpc) is 3.25. The summed E-state index contributed by atoms with van der Waals surface area (Å²) in [7, 11) is 4.02. The van der Waals surface area contributed by atoms with E-state index in [1.165, 1.54) is 16.3 Å². The van der Waals surface area contributed by atoms with E-state index in [4.69, 9.17) is 0 Å². The first-order valence-electron chi connectivity index (χ1n) is 9.34. The number of hydrogen-bond donors (Lipinski definition) is 0. The lowest BCUT2D eigenvalue weighted by molar-refractivity contribution is -0.114. The lowest BCUT2D eigenvalue weighted by Gasteiger charge is -2.12. The number of nitrogens with zero attached hydrogens (tertiary/aromatic N) is 4. The molecule has 0 N–H and O–H groups in total. The first kappa shape index (κ1) is 18.4. The molecule has 1 amide bonds. The maximum Gasteiger partial charge on any atom is 0.282 e. The molecule has 0 spiro atoms. The van der Waals surface area contributed by atoms with Crippen LogP contribution in [0.2, 0.25) is 0 Å². The number of hydrazone groups is 1. The van der Waals surface area contributed by atoms with E-state index < -0.39 is 0 Å². The summed E-state index contributed by atoms with van der Waals surface area (Å²) in [6.45, 7) is 2.09. The van der Waals surface area contributed by atoms with Crippen molar-refractivity contribution >= 4 is 50.1 Å². The van der Waals surface area contributed by atoms with Crippen LogP contribution in [0.4, 0.5) is 10.8 Å². The summed E-state index contributed by atoms with van der Waals surface area (Å²) in [5.41, 5.74) is 4.48. The fourth-order valence-electron chi connectivity index (χ4n) is 3.14. The molecular weight excluding hydrogens is 368 g/mol. The second kappa shape index (κ2) is 7.56. The number of fused-ring (bicyclic) bond motifs is 1. The monoisotopic (exact) mass is 390 g/mol. The Kier molecular flexibility index (Phi) is 4.96. The molecule has 4 rings (SSSR count). The van der Waals surface area contributed by atoms with Gasteiger partial charge in [-0.1, -0.05) is 48.9 Å². The van der Waals surface area contributed by atoms with E-state index in [9.17, 15) is 4.79 Å². The van der Waals surface area contributed by atoms with Crippen LogP contribution in [0.1, 0.15) is 25.3 Å². The third-order valence-electron chi connectivity index (χ3n) is 4.63. The van der Waals surface area contributed by atoms with E-state index in [0.717, 1.165) is 40.0 Å². The van der Waals surface area contributed by atoms with Gasteiger partial charge in [-0.25, -0.2) is 4.98 Å². The normalized spacial score (nSPS) is 15.5. The number of amides is 1. The van der Waals surface area contributed by atoms with E-state index in [1.807, 2.05) is 68.7 Å². The fraction of sp³-hybridized carbons (Fsp3) is 0.227. The highest BCUT2D eigenvalue weighted by atomic mass is 32.1. The Hall–Kier alpha value is -2.99. The zero-order valence-corrected chi connectivity index (χ0v) is 17.0. The number of carbonyl (C=O) groups excluding carboxylic acids is 1. The number of anilines is 2. The van der Waals surface area contributed by atoms with Gasteiger partial charge in [-0.15, -0.1) is 0 Å². The maximum absolute atomic E-state index is 13.1. The zero-order valence-electron chi connectivity index (χ0n) is 16.2. The predicted molar refractivity (Wildman–Crippen MR) is 118 cm³/mol. The highest BCUT2D eigenvalue weighted by Gasteiger charge is 2.32. The van der Waals surface area contributed by atoms with E-state index in [-0.39, 0.29) is 5.91 Å². The number of para-hydroxylation sites is 1. The summed E-state index contributed by atoms with van der Waals surface area (Å²) >= 11 is 1.49. The summed E-state index contributed by atoms with van der Waals surface area (Å²) in [5, 5.41) is 6.69. The van der Waals surface area contributed by atoms with Gasteiger partial charge in [-0.3, -0.25) is 4.79 Å². The summed E-state index contributed by atoms with van der Waals surface area (Å²) in [4.78, 5) is 19.8. The molecule has 0 unspecified atom stereocenters. The summed E-state index contributed by atoms with van der Waals surface area (Å²) in [6, 6.07) is 16.0. The SMILES string of the molecule is CCCC1=NN(c2nc3ccccc3s2)C(=O)/C1=C/c1ccc(N(C)C)cc1. The standard InChI is InChI=1S/C22H22N4OS/c1-4-7-18-17(14-15-10-12-16(13-11-15)25(2)3)21(27)26(24-18)22-23-19-8-5-6-9-20(19)28-22/h5-6,8-14H,4,7H2,1-3H3/b17-14+. The molecule has 0 fully saturated rings. The molecule has 0 saturated heterocycles. The van der Waals surface area contributed by atoms with Crippen molar-refractivity contribution in [2.75, 3.05) is 24.0 Å². The molecule has 142 valence electrons. The van der Waals surface area contributed by atoms with Crippen LogP contribution in [0.15, 0.2) is 59.2 Å². The van der Waals surface area contributed by atoms with Crippen LogP contribution in [0.3, 0.4) is 0 Å². The van der Waals surface area contributed by atoms with Gasteiger partial charge in [0.05, 0.1) is 21.5 Å². The minimum absolute atomic E-state index is 0.112. The molecule has 1 aliphatic rings. The number of thiazole rings is 1. The third kappa shape index (κ3) is 3.43. The molecule has 5 nitrogen and oxygen atoms in total. The highest BCUT2D eigenvalue weighted by Crippen LogP contribution is 2.33. The van der Waals surface area contributed by atoms with E-state index in [0.29, 0.717) is 10.7 Å². The van der Waals surface area contributed by atoms with E-state index in [2.05, 4.69) is 21.9 Å². The van der Waals surface area contributed by atoms with Crippen molar-refractivity contribution in [3.8, 4) is 0 Å². The average molecular weight is 391 g/mol. The van der Waals surface area contributed by atoms with Gasteiger partial charge >= 0.3 is 0 Å². The Morgan fingerprint density at radius 2 is 1.86 bits per heavy atom. The molecule has 2 aromatic carbocycles. The smallest absolute Gasteiger partial charge is 0.282 e. The van der Waals surface area contributed by atoms with Crippen molar-refractivity contribution in [3.05, 3.63) is 59.7 Å². The second-order valence-corrected chi connectivity index (χ2v) is 7.93. The number of aromatic nitrogens is 1. The minimum Gasteiger partial charge on any atom is -0.378 e. The van der Waals surface area contributed by atoms with Crippen molar-refractivity contribution < 1.29 is 4.79 Å². The summed E-state index contributed by atoms with van der Waals surface area (Å²) < 4.78 is 1.05. The Bertz CT molecular complexity index is 1050. The Labute approximate surface area is 168 Å². The van der Waals surface area contributed by atoms with Gasteiger partial charge in [-0.05, 0) is 42.3 Å². The van der Waals surface area contributed by atoms with E-state index in [1.54, 1.807) is 0 Å². The van der Waals surface area contributed by atoms with E-state index >= 15 is 0 Å². The van der Waals surface area contributed by atoms with Gasteiger partial charge < -0.3 is 4.90 Å². The van der Waals surface area contributed by atoms with Crippen molar-refractivity contribution in [2.45, 2.75) is 19.8 Å².